The Hall–Kier alpha value is -3.80. The van der Waals surface area contributed by atoms with Gasteiger partial charge < -0.3 is 19.4 Å². The van der Waals surface area contributed by atoms with E-state index in [0.29, 0.717) is 17.3 Å². The summed E-state index contributed by atoms with van der Waals surface area (Å²) in [6, 6.07) is 22.8. The number of fused-ring (bicyclic) bond motifs is 1. The molecule has 6 nitrogen and oxygen atoms in total. The minimum atomic E-state index is -0.165. The monoisotopic (exact) mass is 387 g/mol. The van der Waals surface area contributed by atoms with Crippen molar-refractivity contribution in [3.05, 3.63) is 72.8 Å². The second kappa shape index (κ2) is 8.06. The number of hydrogen-bond acceptors (Lipinski definition) is 4. The number of amides is 1. The fourth-order valence-corrected chi connectivity index (χ4v) is 3.30. The highest BCUT2D eigenvalue weighted by molar-refractivity contribution is 5.94. The molecule has 4 aromatic rings. The molecular weight excluding hydrogens is 366 g/mol. The molecular formula is C23H21N3O3. The van der Waals surface area contributed by atoms with Crippen LogP contribution in [0.1, 0.15) is 0 Å². The molecule has 0 saturated carbocycles. The van der Waals surface area contributed by atoms with Crippen molar-refractivity contribution in [3.63, 3.8) is 0 Å². The number of aromatic nitrogens is 2. The summed E-state index contributed by atoms with van der Waals surface area (Å²) in [6.45, 7) is 0.116. The third kappa shape index (κ3) is 3.78. The van der Waals surface area contributed by atoms with E-state index in [1.54, 1.807) is 14.2 Å². The van der Waals surface area contributed by atoms with Crippen LogP contribution in [0.5, 0.6) is 11.5 Å². The molecule has 3 aromatic carbocycles. The van der Waals surface area contributed by atoms with Gasteiger partial charge in [-0.1, -0.05) is 36.4 Å². The molecule has 0 radical (unpaired) electrons. The van der Waals surface area contributed by atoms with Gasteiger partial charge in [-0.3, -0.25) is 4.79 Å². The number of benzene rings is 3. The average Bonchev–Trinajstić information content (AvgIpc) is 3.12. The van der Waals surface area contributed by atoms with E-state index in [4.69, 9.17) is 14.5 Å². The Morgan fingerprint density at radius 2 is 1.76 bits per heavy atom. The molecule has 4 rings (SSSR count). The molecule has 0 saturated heterocycles. The summed E-state index contributed by atoms with van der Waals surface area (Å²) in [5.41, 5.74) is 3.23. The van der Waals surface area contributed by atoms with E-state index >= 15 is 0 Å². The van der Waals surface area contributed by atoms with E-state index in [9.17, 15) is 4.79 Å². The van der Waals surface area contributed by atoms with E-state index in [-0.39, 0.29) is 12.5 Å². The number of nitrogens with zero attached hydrogens (tertiary/aromatic N) is 2. The molecule has 1 amide bonds. The van der Waals surface area contributed by atoms with Gasteiger partial charge in [-0.2, -0.15) is 0 Å². The van der Waals surface area contributed by atoms with Crippen LogP contribution in [0, 0.1) is 0 Å². The lowest BCUT2D eigenvalue weighted by Gasteiger charge is -2.12. The Labute approximate surface area is 168 Å². The molecule has 0 atom stereocenters. The number of rotatable bonds is 6. The van der Waals surface area contributed by atoms with Crippen LogP contribution in [-0.2, 0) is 11.3 Å². The predicted octanol–water partition coefficient (Wildman–Crippen LogP) is 4.36. The lowest BCUT2D eigenvalue weighted by molar-refractivity contribution is -0.116. The number of anilines is 1. The van der Waals surface area contributed by atoms with Crippen molar-refractivity contribution < 1.29 is 14.3 Å². The number of methoxy groups -OCH3 is 2. The van der Waals surface area contributed by atoms with Crippen LogP contribution in [0.4, 0.5) is 5.69 Å². The maximum Gasteiger partial charge on any atom is 0.244 e. The summed E-state index contributed by atoms with van der Waals surface area (Å²) in [7, 11) is 3.21. The second-order valence-corrected chi connectivity index (χ2v) is 6.49. The lowest BCUT2D eigenvalue weighted by Crippen LogP contribution is -2.19. The minimum absolute atomic E-state index is 0.116. The first-order chi connectivity index (χ1) is 14.2. The highest BCUT2D eigenvalue weighted by atomic mass is 16.5. The Balaban J connectivity index is 1.71. The normalized spacial score (nSPS) is 10.7. The standard InChI is InChI=1S/C23H21N3O3/c1-28-17-9-7-8-16(14-17)23-25-18-10-3-5-12-20(18)26(23)15-22(27)24-19-11-4-6-13-21(19)29-2/h3-14H,15H2,1-2H3,(H,24,27). The zero-order valence-electron chi connectivity index (χ0n) is 16.3. The first-order valence-electron chi connectivity index (χ1n) is 9.22. The molecule has 6 heteroatoms. The number of imidazole rings is 1. The highest BCUT2D eigenvalue weighted by Crippen LogP contribution is 2.28. The maximum atomic E-state index is 12.9. The molecule has 0 spiro atoms. The largest absolute Gasteiger partial charge is 0.497 e. The molecule has 1 heterocycles. The van der Waals surface area contributed by atoms with Gasteiger partial charge in [0.1, 0.15) is 23.9 Å². The SMILES string of the molecule is COc1cccc(-c2nc3ccccc3n2CC(=O)Nc2ccccc2OC)c1. The van der Waals surface area contributed by atoms with Gasteiger partial charge in [-0.25, -0.2) is 4.98 Å². The van der Waals surface area contributed by atoms with Gasteiger partial charge in [0, 0.05) is 5.56 Å². The number of ether oxygens (including phenoxy) is 2. The van der Waals surface area contributed by atoms with E-state index in [2.05, 4.69) is 5.32 Å². The fourth-order valence-electron chi connectivity index (χ4n) is 3.30. The van der Waals surface area contributed by atoms with Crippen LogP contribution in [0.15, 0.2) is 72.8 Å². The zero-order valence-corrected chi connectivity index (χ0v) is 16.3. The van der Waals surface area contributed by atoms with Gasteiger partial charge in [0.05, 0.1) is 30.9 Å². The van der Waals surface area contributed by atoms with E-state index in [0.717, 1.165) is 22.3 Å². The van der Waals surface area contributed by atoms with Crippen LogP contribution in [0.3, 0.4) is 0 Å². The number of nitrogens with one attached hydrogen (secondary N) is 1. The summed E-state index contributed by atoms with van der Waals surface area (Å²) in [6.07, 6.45) is 0. The Bertz CT molecular complexity index is 1170. The van der Waals surface area contributed by atoms with Crippen molar-refractivity contribution in [2.45, 2.75) is 6.54 Å². The van der Waals surface area contributed by atoms with Crippen molar-refractivity contribution in [3.8, 4) is 22.9 Å². The average molecular weight is 387 g/mol. The predicted molar refractivity (Wildman–Crippen MR) is 113 cm³/mol. The molecule has 0 bridgehead atoms. The number of carbonyl (C=O) groups excluding carboxylic acids is 1. The van der Waals surface area contributed by atoms with Gasteiger partial charge in [-0.05, 0) is 36.4 Å². The molecule has 1 N–H and O–H groups in total. The maximum absolute atomic E-state index is 12.9. The molecule has 0 unspecified atom stereocenters. The van der Waals surface area contributed by atoms with Crippen molar-refractivity contribution >= 4 is 22.6 Å². The third-order valence-electron chi connectivity index (χ3n) is 4.67. The zero-order chi connectivity index (χ0) is 20.2. The van der Waals surface area contributed by atoms with Gasteiger partial charge in [0.15, 0.2) is 0 Å². The summed E-state index contributed by atoms with van der Waals surface area (Å²) in [5, 5.41) is 2.93. The van der Waals surface area contributed by atoms with Crippen LogP contribution >= 0.6 is 0 Å². The smallest absolute Gasteiger partial charge is 0.244 e. The molecule has 0 aliphatic heterocycles. The minimum Gasteiger partial charge on any atom is -0.497 e. The van der Waals surface area contributed by atoms with Crippen molar-refractivity contribution in [2.75, 3.05) is 19.5 Å². The lowest BCUT2D eigenvalue weighted by atomic mass is 10.2. The van der Waals surface area contributed by atoms with Crippen LogP contribution in [0.25, 0.3) is 22.4 Å². The van der Waals surface area contributed by atoms with Gasteiger partial charge in [0.25, 0.3) is 0 Å². The van der Waals surface area contributed by atoms with E-state index in [1.807, 2.05) is 77.4 Å². The van der Waals surface area contributed by atoms with Crippen molar-refractivity contribution in [1.82, 2.24) is 9.55 Å². The van der Waals surface area contributed by atoms with Crippen LogP contribution < -0.4 is 14.8 Å². The number of hydrogen-bond donors (Lipinski definition) is 1. The van der Waals surface area contributed by atoms with Gasteiger partial charge in [-0.15, -0.1) is 0 Å². The molecule has 29 heavy (non-hydrogen) atoms. The van der Waals surface area contributed by atoms with E-state index < -0.39 is 0 Å². The molecule has 0 aliphatic rings. The molecule has 0 aliphatic carbocycles. The summed E-state index contributed by atoms with van der Waals surface area (Å²) >= 11 is 0. The molecule has 1 aromatic heterocycles. The van der Waals surface area contributed by atoms with Crippen molar-refractivity contribution in [1.29, 1.82) is 0 Å². The summed E-state index contributed by atoms with van der Waals surface area (Å²) in [4.78, 5) is 17.6. The van der Waals surface area contributed by atoms with E-state index in [1.165, 1.54) is 0 Å². The Morgan fingerprint density at radius 3 is 2.59 bits per heavy atom. The Kier molecular flexibility index (Phi) is 5.16. The van der Waals surface area contributed by atoms with Gasteiger partial charge in [0.2, 0.25) is 5.91 Å². The van der Waals surface area contributed by atoms with Crippen LogP contribution in [-0.4, -0.2) is 29.7 Å². The Morgan fingerprint density at radius 1 is 0.966 bits per heavy atom. The van der Waals surface area contributed by atoms with Crippen LogP contribution in [0.2, 0.25) is 0 Å². The van der Waals surface area contributed by atoms with Gasteiger partial charge >= 0.3 is 0 Å². The summed E-state index contributed by atoms with van der Waals surface area (Å²) in [5.74, 6) is 1.89. The first-order valence-corrected chi connectivity index (χ1v) is 9.22. The summed E-state index contributed by atoms with van der Waals surface area (Å²) < 4.78 is 12.6. The number of para-hydroxylation sites is 4. The highest BCUT2D eigenvalue weighted by Gasteiger charge is 2.16. The molecule has 0 fully saturated rings. The quantitative estimate of drug-likeness (QED) is 0.534. The topological polar surface area (TPSA) is 65.4 Å². The second-order valence-electron chi connectivity index (χ2n) is 6.49. The fraction of sp³-hybridized carbons (Fsp3) is 0.130. The van der Waals surface area contributed by atoms with Crippen molar-refractivity contribution in [2.24, 2.45) is 0 Å². The third-order valence-corrected chi connectivity index (χ3v) is 4.67. The molecule has 146 valence electrons. The number of carbonyl (C=O) groups is 1. The first kappa shape index (κ1) is 18.6.